The molecule has 0 aliphatic heterocycles. The van der Waals surface area contributed by atoms with Crippen molar-refractivity contribution < 1.29 is 5.11 Å². The van der Waals surface area contributed by atoms with Crippen LogP contribution in [-0.2, 0) is 0 Å². The van der Waals surface area contributed by atoms with Gasteiger partial charge in [-0.25, -0.2) is 4.68 Å². The first-order valence-electron chi connectivity index (χ1n) is 8.68. The summed E-state index contributed by atoms with van der Waals surface area (Å²) in [6.45, 7) is 0. The van der Waals surface area contributed by atoms with E-state index in [4.69, 9.17) is 28.3 Å². The lowest BCUT2D eigenvalue weighted by Gasteiger charge is -2.09. The van der Waals surface area contributed by atoms with E-state index in [1.54, 1.807) is 22.9 Å². The van der Waals surface area contributed by atoms with Gasteiger partial charge in [-0.2, -0.15) is 5.10 Å². The molecule has 0 radical (unpaired) electrons. The van der Waals surface area contributed by atoms with E-state index in [0.29, 0.717) is 15.6 Å². The van der Waals surface area contributed by atoms with Gasteiger partial charge in [-0.1, -0.05) is 59.6 Å². The third kappa shape index (κ3) is 3.96. The first kappa shape index (κ1) is 18.4. The van der Waals surface area contributed by atoms with Gasteiger partial charge in [-0.3, -0.25) is 0 Å². The van der Waals surface area contributed by atoms with Gasteiger partial charge in [-0.15, -0.1) is 0 Å². The Hall–Kier alpha value is -3.01. The Morgan fingerprint density at radius 1 is 0.786 bits per heavy atom. The topological polar surface area (TPSA) is 38.1 Å². The van der Waals surface area contributed by atoms with Crippen LogP contribution in [0, 0.1) is 0 Å². The minimum atomic E-state index is 0.148. The molecule has 0 bridgehead atoms. The number of aromatic hydroxyl groups is 1. The van der Waals surface area contributed by atoms with Crippen LogP contribution >= 0.6 is 23.2 Å². The molecule has 1 N–H and O–H groups in total. The van der Waals surface area contributed by atoms with Gasteiger partial charge < -0.3 is 5.11 Å². The molecule has 5 heteroatoms. The summed E-state index contributed by atoms with van der Waals surface area (Å²) in [6.07, 6.45) is 3.89. The zero-order chi connectivity index (χ0) is 19.5. The number of rotatable bonds is 4. The van der Waals surface area contributed by atoms with Crippen molar-refractivity contribution in [2.75, 3.05) is 0 Å². The Morgan fingerprint density at radius 2 is 1.50 bits per heavy atom. The van der Waals surface area contributed by atoms with Gasteiger partial charge in [-0.05, 0) is 60.2 Å². The number of para-hydroxylation sites is 1. The van der Waals surface area contributed by atoms with Gasteiger partial charge in [0.05, 0.1) is 17.1 Å². The fourth-order valence-corrected chi connectivity index (χ4v) is 3.21. The lowest BCUT2D eigenvalue weighted by Crippen LogP contribution is -1.99. The highest BCUT2D eigenvalue weighted by Crippen LogP contribution is 2.34. The summed E-state index contributed by atoms with van der Waals surface area (Å²) in [5.74, 6) is 0.148. The van der Waals surface area contributed by atoms with Crippen molar-refractivity contribution in [2.45, 2.75) is 0 Å². The minimum absolute atomic E-state index is 0.148. The molecule has 138 valence electrons. The fourth-order valence-electron chi connectivity index (χ4n) is 2.91. The molecule has 0 aliphatic rings. The van der Waals surface area contributed by atoms with Crippen molar-refractivity contribution in [1.82, 2.24) is 9.78 Å². The second kappa shape index (κ2) is 7.93. The molecule has 0 unspecified atom stereocenters. The maximum atomic E-state index is 10.4. The average Bonchev–Trinajstić information content (AvgIpc) is 3.14. The van der Waals surface area contributed by atoms with E-state index in [-0.39, 0.29) is 5.75 Å². The van der Waals surface area contributed by atoms with Crippen LogP contribution in [0.25, 0.3) is 29.1 Å². The summed E-state index contributed by atoms with van der Waals surface area (Å²) in [7, 11) is 0. The maximum absolute atomic E-state index is 10.4. The number of hydrogen-bond donors (Lipinski definition) is 1. The number of phenolic OH excluding ortho intramolecular Hbond substituents is 1. The molecule has 0 atom stereocenters. The van der Waals surface area contributed by atoms with Crippen molar-refractivity contribution in [3.05, 3.63) is 100 Å². The predicted molar refractivity (Wildman–Crippen MR) is 116 cm³/mol. The molecule has 28 heavy (non-hydrogen) atoms. The van der Waals surface area contributed by atoms with Crippen molar-refractivity contribution >= 4 is 35.4 Å². The largest absolute Gasteiger partial charge is 0.507 e. The highest BCUT2D eigenvalue weighted by Gasteiger charge is 2.14. The number of benzene rings is 3. The van der Waals surface area contributed by atoms with Gasteiger partial charge in [0.25, 0.3) is 0 Å². The molecule has 0 fully saturated rings. The molecule has 3 aromatic carbocycles. The summed E-state index contributed by atoms with van der Waals surface area (Å²) in [6, 6.07) is 24.2. The van der Waals surface area contributed by atoms with Crippen molar-refractivity contribution in [1.29, 1.82) is 0 Å². The van der Waals surface area contributed by atoms with Crippen LogP contribution in [0.3, 0.4) is 0 Å². The number of hydrogen-bond acceptors (Lipinski definition) is 2. The van der Waals surface area contributed by atoms with Gasteiger partial charge in [0, 0.05) is 15.6 Å². The average molecular weight is 407 g/mol. The van der Waals surface area contributed by atoms with Gasteiger partial charge in [0.2, 0.25) is 0 Å². The lowest BCUT2D eigenvalue weighted by atomic mass is 10.1. The van der Waals surface area contributed by atoms with E-state index in [0.717, 1.165) is 22.6 Å². The molecule has 0 aliphatic carbocycles. The first-order chi connectivity index (χ1) is 13.6. The van der Waals surface area contributed by atoms with E-state index in [1.807, 2.05) is 72.8 Å². The second-order valence-corrected chi connectivity index (χ2v) is 7.12. The van der Waals surface area contributed by atoms with Crippen molar-refractivity contribution in [3.8, 4) is 22.7 Å². The van der Waals surface area contributed by atoms with E-state index < -0.39 is 0 Å². The van der Waals surface area contributed by atoms with Crippen LogP contribution in [0.15, 0.2) is 78.9 Å². The summed E-state index contributed by atoms with van der Waals surface area (Å²) < 4.78 is 1.80. The SMILES string of the molecule is Oc1ccc(Cl)cc1-c1cc(/C=C/c2ccc(Cl)cc2)nn1-c1ccccc1. The standard InChI is InChI=1S/C23H16Cl2N2O/c24-17-9-6-16(7-10-17)8-12-19-15-22(21-14-18(25)11-13-23(21)28)27(26-19)20-4-2-1-3-5-20/h1-15,28H/b12-8+. The Bertz CT molecular complexity index is 1130. The summed E-state index contributed by atoms with van der Waals surface area (Å²) in [4.78, 5) is 0. The van der Waals surface area contributed by atoms with Crippen LogP contribution in [0.5, 0.6) is 5.75 Å². The predicted octanol–water partition coefficient (Wildman–Crippen LogP) is 6.72. The Labute approximate surface area is 173 Å². The number of halogens is 2. The third-order valence-electron chi connectivity index (χ3n) is 4.28. The fraction of sp³-hybridized carbons (Fsp3) is 0. The van der Waals surface area contributed by atoms with E-state index in [9.17, 15) is 5.11 Å². The van der Waals surface area contributed by atoms with Crippen LogP contribution < -0.4 is 0 Å². The lowest BCUT2D eigenvalue weighted by molar-refractivity contribution is 0.477. The van der Waals surface area contributed by atoms with Crippen LogP contribution in [-0.4, -0.2) is 14.9 Å². The quantitative estimate of drug-likeness (QED) is 0.408. The smallest absolute Gasteiger partial charge is 0.125 e. The zero-order valence-corrected chi connectivity index (χ0v) is 16.3. The Morgan fingerprint density at radius 3 is 2.25 bits per heavy atom. The minimum Gasteiger partial charge on any atom is -0.507 e. The third-order valence-corrected chi connectivity index (χ3v) is 4.77. The summed E-state index contributed by atoms with van der Waals surface area (Å²) in [5.41, 5.74) is 4.04. The molecule has 3 nitrogen and oxygen atoms in total. The number of aromatic nitrogens is 2. The first-order valence-corrected chi connectivity index (χ1v) is 9.44. The molecule has 1 aromatic heterocycles. The van der Waals surface area contributed by atoms with E-state index in [1.165, 1.54) is 0 Å². The molecular weight excluding hydrogens is 391 g/mol. The molecular formula is C23H16Cl2N2O. The highest BCUT2D eigenvalue weighted by atomic mass is 35.5. The van der Waals surface area contributed by atoms with Crippen molar-refractivity contribution in [2.24, 2.45) is 0 Å². The number of nitrogens with zero attached hydrogens (tertiary/aromatic N) is 2. The van der Waals surface area contributed by atoms with Gasteiger partial charge in [0.1, 0.15) is 5.75 Å². The van der Waals surface area contributed by atoms with Crippen LogP contribution in [0.1, 0.15) is 11.3 Å². The molecule has 0 saturated heterocycles. The van der Waals surface area contributed by atoms with E-state index >= 15 is 0 Å². The molecule has 1 heterocycles. The Balaban J connectivity index is 1.80. The van der Waals surface area contributed by atoms with Crippen molar-refractivity contribution in [3.63, 3.8) is 0 Å². The van der Waals surface area contributed by atoms with Gasteiger partial charge in [0.15, 0.2) is 0 Å². The monoisotopic (exact) mass is 406 g/mol. The summed E-state index contributed by atoms with van der Waals surface area (Å²) in [5, 5.41) is 16.3. The summed E-state index contributed by atoms with van der Waals surface area (Å²) >= 11 is 12.1. The highest BCUT2D eigenvalue weighted by molar-refractivity contribution is 6.31. The van der Waals surface area contributed by atoms with Crippen LogP contribution in [0.2, 0.25) is 10.0 Å². The van der Waals surface area contributed by atoms with Crippen LogP contribution in [0.4, 0.5) is 0 Å². The number of phenols is 1. The molecule has 0 saturated carbocycles. The molecule has 4 rings (SSSR count). The van der Waals surface area contributed by atoms with E-state index in [2.05, 4.69) is 0 Å². The second-order valence-electron chi connectivity index (χ2n) is 6.25. The zero-order valence-electron chi connectivity index (χ0n) is 14.8. The molecule has 4 aromatic rings. The molecule has 0 amide bonds. The Kier molecular flexibility index (Phi) is 5.20. The molecule has 0 spiro atoms. The van der Waals surface area contributed by atoms with Gasteiger partial charge >= 0.3 is 0 Å². The normalized spacial score (nSPS) is 11.2. The maximum Gasteiger partial charge on any atom is 0.125 e.